The van der Waals surface area contributed by atoms with Crippen molar-refractivity contribution >= 4 is 16.8 Å². The fraction of sp³-hybridized carbons (Fsp3) is 0.548. The van der Waals surface area contributed by atoms with Crippen LogP contribution in [0, 0.1) is 24.6 Å². The predicted molar refractivity (Wildman–Crippen MR) is 151 cm³/mol. The molecule has 1 aromatic carbocycles. The van der Waals surface area contributed by atoms with Crippen LogP contribution >= 0.6 is 0 Å². The third-order valence-electron chi connectivity index (χ3n) is 8.99. The molecule has 0 saturated carbocycles. The highest BCUT2D eigenvalue weighted by Gasteiger charge is 2.31. The number of likely N-dealkylation sites (tertiary alicyclic amines) is 1. The van der Waals surface area contributed by atoms with Gasteiger partial charge in [-0.15, -0.1) is 0 Å². The van der Waals surface area contributed by atoms with Gasteiger partial charge in [0.05, 0.1) is 23.0 Å². The summed E-state index contributed by atoms with van der Waals surface area (Å²) in [6.45, 7) is 13.1. The van der Waals surface area contributed by atoms with Gasteiger partial charge in [0.2, 0.25) is 0 Å². The van der Waals surface area contributed by atoms with E-state index in [2.05, 4.69) is 35.2 Å². The van der Waals surface area contributed by atoms with Crippen molar-refractivity contribution < 1.29 is 9.18 Å². The number of piperidine rings is 1. The zero-order valence-electron chi connectivity index (χ0n) is 23.5. The minimum absolute atomic E-state index is 0.0125. The molecule has 2 atom stereocenters. The summed E-state index contributed by atoms with van der Waals surface area (Å²) >= 11 is 0. The molecular weight excluding hydrogens is 477 g/mol. The summed E-state index contributed by atoms with van der Waals surface area (Å²) < 4.78 is 16.3. The second-order valence-corrected chi connectivity index (χ2v) is 11.7. The van der Waals surface area contributed by atoms with Crippen molar-refractivity contribution in [3.8, 4) is 5.69 Å². The summed E-state index contributed by atoms with van der Waals surface area (Å²) in [6.07, 6.45) is 10.7. The van der Waals surface area contributed by atoms with Crippen molar-refractivity contribution in [2.24, 2.45) is 11.8 Å². The molecule has 0 bridgehead atoms. The minimum Gasteiger partial charge on any atom is -0.339 e. The molecule has 5 rings (SSSR count). The van der Waals surface area contributed by atoms with E-state index < -0.39 is 5.82 Å². The van der Waals surface area contributed by atoms with Gasteiger partial charge in [0, 0.05) is 43.5 Å². The quantitative estimate of drug-likeness (QED) is 0.466. The fourth-order valence-electron chi connectivity index (χ4n) is 6.46. The summed E-state index contributed by atoms with van der Waals surface area (Å²) in [5.74, 6) is 0.800. The number of pyridine rings is 1. The van der Waals surface area contributed by atoms with Crippen LogP contribution < -0.4 is 5.32 Å². The van der Waals surface area contributed by atoms with Gasteiger partial charge in [-0.25, -0.2) is 4.39 Å². The largest absolute Gasteiger partial charge is 0.339 e. The zero-order chi connectivity index (χ0) is 27.0. The Balaban J connectivity index is 1.42. The van der Waals surface area contributed by atoms with Gasteiger partial charge in [0.1, 0.15) is 5.82 Å². The first kappa shape index (κ1) is 26.8. The van der Waals surface area contributed by atoms with Gasteiger partial charge < -0.3 is 19.7 Å². The molecule has 2 saturated heterocycles. The number of carbonyl (C=O) groups is 1. The molecular formula is C31H42FN5O. The topological polar surface area (TPSA) is 53.4 Å². The Morgan fingerprint density at radius 3 is 2.68 bits per heavy atom. The van der Waals surface area contributed by atoms with Crippen LogP contribution in [0.1, 0.15) is 61.5 Å². The number of nitrogens with one attached hydrogen (secondary N) is 1. The van der Waals surface area contributed by atoms with Crippen LogP contribution in [0.2, 0.25) is 0 Å². The molecule has 6 nitrogen and oxygen atoms in total. The Morgan fingerprint density at radius 1 is 1.18 bits per heavy atom. The molecule has 2 aliphatic rings. The molecule has 2 fully saturated rings. The van der Waals surface area contributed by atoms with E-state index in [1.807, 2.05) is 30.8 Å². The van der Waals surface area contributed by atoms with E-state index in [1.165, 1.54) is 48.9 Å². The predicted octanol–water partition coefficient (Wildman–Crippen LogP) is 5.21. The van der Waals surface area contributed by atoms with Gasteiger partial charge in [-0.05, 0) is 114 Å². The van der Waals surface area contributed by atoms with Crippen LogP contribution in [0.4, 0.5) is 4.39 Å². The Bertz CT molecular complexity index is 1290. The van der Waals surface area contributed by atoms with Crippen LogP contribution in [0.5, 0.6) is 0 Å². The van der Waals surface area contributed by atoms with Crippen LogP contribution in [-0.4, -0.2) is 70.6 Å². The zero-order valence-corrected chi connectivity index (χ0v) is 23.5. The van der Waals surface area contributed by atoms with E-state index in [1.54, 1.807) is 18.0 Å². The molecule has 0 aliphatic carbocycles. The molecule has 3 aromatic rings. The molecule has 2 aromatic heterocycles. The Hall–Kier alpha value is -2.77. The fourth-order valence-corrected chi connectivity index (χ4v) is 6.46. The maximum absolute atomic E-state index is 14.3. The van der Waals surface area contributed by atoms with E-state index in [0.717, 1.165) is 43.1 Å². The van der Waals surface area contributed by atoms with E-state index >= 15 is 0 Å². The van der Waals surface area contributed by atoms with Crippen molar-refractivity contribution in [3.63, 3.8) is 0 Å². The average Bonchev–Trinajstić information content (AvgIpc) is 3.52. The van der Waals surface area contributed by atoms with Crippen molar-refractivity contribution in [1.29, 1.82) is 0 Å². The highest BCUT2D eigenvalue weighted by Crippen LogP contribution is 2.33. The van der Waals surface area contributed by atoms with Crippen LogP contribution in [0.25, 0.3) is 16.6 Å². The number of hydrogen-bond acceptors (Lipinski definition) is 4. The van der Waals surface area contributed by atoms with E-state index in [-0.39, 0.29) is 11.9 Å². The number of nitrogens with zero attached hydrogens (tertiary/aromatic N) is 4. The molecule has 38 heavy (non-hydrogen) atoms. The third-order valence-corrected chi connectivity index (χ3v) is 8.99. The Kier molecular flexibility index (Phi) is 7.87. The molecule has 0 radical (unpaired) electrons. The van der Waals surface area contributed by atoms with Gasteiger partial charge in [-0.2, -0.15) is 0 Å². The lowest BCUT2D eigenvalue weighted by Crippen LogP contribution is -2.42. The number of fused-ring (bicyclic) bond motifs is 1. The Morgan fingerprint density at radius 2 is 1.95 bits per heavy atom. The second-order valence-electron chi connectivity index (χ2n) is 11.7. The SMILES string of the molecule is Cc1cn(-c2ccc(F)cc2C(=O)N(C)C(C)C)c2cncc(CC3CCN([C@H](C)C4CCNCC4)C3)c12. The monoisotopic (exact) mass is 519 g/mol. The molecule has 4 heterocycles. The van der Waals surface area contributed by atoms with E-state index in [0.29, 0.717) is 23.2 Å². The summed E-state index contributed by atoms with van der Waals surface area (Å²) in [6, 6.07) is 5.14. The van der Waals surface area contributed by atoms with Gasteiger partial charge in [0.15, 0.2) is 0 Å². The van der Waals surface area contributed by atoms with Crippen molar-refractivity contribution in [2.75, 3.05) is 33.2 Å². The first-order chi connectivity index (χ1) is 18.2. The van der Waals surface area contributed by atoms with Gasteiger partial charge >= 0.3 is 0 Å². The van der Waals surface area contributed by atoms with Crippen LogP contribution in [-0.2, 0) is 6.42 Å². The lowest BCUT2D eigenvalue weighted by atomic mass is 9.90. The van der Waals surface area contributed by atoms with E-state index in [9.17, 15) is 9.18 Å². The number of carbonyl (C=O) groups excluding carboxylic acids is 1. The number of amides is 1. The standard InChI is InChI=1S/C31H42FN5O/c1-20(2)35(5)31(38)27-15-26(32)6-7-28(27)37-18-21(3)30-25(16-34-17-29(30)37)14-23-10-13-36(19-23)22(4)24-8-11-33-12-9-24/h6-7,15-18,20,22-24,33H,8-14,19H2,1-5H3/t22-,23?/m1/s1. The maximum Gasteiger partial charge on any atom is 0.256 e. The molecule has 0 spiro atoms. The maximum atomic E-state index is 14.3. The molecule has 204 valence electrons. The number of halogens is 1. The molecule has 7 heteroatoms. The third kappa shape index (κ3) is 5.23. The highest BCUT2D eigenvalue weighted by molar-refractivity contribution is 5.99. The van der Waals surface area contributed by atoms with Crippen LogP contribution in [0.15, 0.2) is 36.8 Å². The summed E-state index contributed by atoms with van der Waals surface area (Å²) in [5, 5.41) is 4.69. The summed E-state index contributed by atoms with van der Waals surface area (Å²) in [7, 11) is 1.76. The number of benzene rings is 1. The normalized spacial score (nSPS) is 19.9. The van der Waals surface area contributed by atoms with Gasteiger partial charge in [-0.3, -0.25) is 9.78 Å². The highest BCUT2D eigenvalue weighted by atomic mass is 19.1. The smallest absolute Gasteiger partial charge is 0.256 e. The summed E-state index contributed by atoms with van der Waals surface area (Å²) in [4.78, 5) is 22.3. The lowest BCUT2D eigenvalue weighted by molar-refractivity contribution is 0.0754. The molecule has 1 amide bonds. The minimum atomic E-state index is -0.411. The van der Waals surface area contributed by atoms with Crippen molar-refractivity contribution in [1.82, 2.24) is 24.7 Å². The Labute approximate surface area is 226 Å². The van der Waals surface area contributed by atoms with Crippen molar-refractivity contribution in [2.45, 2.75) is 65.5 Å². The first-order valence-corrected chi connectivity index (χ1v) is 14.2. The van der Waals surface area contributed by atoms with Crippen LogP contribution in [0.3, 0.4) is 0 Å². The van der Waals surface area contributed by atoms with Gasteiger partial charge in [0.25, 0.3) is 5.91 Å². The number of hydrogen-bond donors (Lipinski definition) is 1. The summed E-state index contributed by atoms with van der Waals surface area (Å²) in [5.41, 5.74) is 4.42. The number of aromatic nitrogens is 2. The number of aryl methyl sites for hydroxylation is 1. The van der Waals surface area contributed by atoms with Crippen molar-refractivity contribution in [3.05, 3.63) is 59.3 Å². The lowest BCUT2D eigenvalue weighted by Gasteiger charge is -2.34. The van der Waals surface area contributed by atoms with Gasteiger partial charge in [-0.1, -0.05) is 0 Å². The molecule has 2 aliphatic heterocycles. The molecule has 1 N–H and O–H groups in total. The first-order valence-electron chi connectivity index (χ1n) is 14.2. The average molecular weight is 520 g/mol. The van der Waals surface area contributed by atoms with E-state index in [4.69, 9.17) is 0 Å². The molecule has 1 unspecified atom stereocenters. The number of rotatable bonds is 7. The second kappa shape index (κ2) is 11.1.